The zero-order chi connectivity index (χ0) is 26.4. The monoisotopic (exact) mass is 490 g/mol. The molecule has 0 spiro atoms. The Bertz CT molecular complexity index is 1090. The molecule has 4 heteroatoms. The number of rotatable bonds is 10. The van der Waals surface area contributed by atoms with Crippen molar-refractivity contribution in [1.82, 2.24) is 9.80 Å². The van der Waals surface area contributed by atoms with Gasteiger partial charge in [-0.25, -0.2) is 0 Å². The minimum absolute atomic E-state index is 0.179. The van der Waals surface area contributed by atoms with Gasteiger partial charge >= 0.3 is 0 Å². The number of hydrogen-bond acceptors (Lipinski definition) is 4. The van der Waals surface area contributed by atoms with Crippen molar-refractivity contribution in [2.45, 2.75) is 51.9 Å². The predicted molar refractivity (Wildman–Crippen MR) is 153 cm³/mol. The van der Waals surface area contributed by atoms with Gasteiger partial charge in [-0.15, -0.1) is 0 Å². The van der Waals surface area contributed by atoms with Crippen LogP contribution in [0.15, 0.2) is 59.2 Å². The quantitative estimate of drug-likeness (QED) is 0.357. The molecular weight excluding hydrogens is 444 g/mol. The molecule has 0 fully saturated rings. The topological polar surface area (TPSA) is 24.9 Å². The number of nitrogens with zero attached hydrogens (tertiary/aromatic N) is 2. The number of benzene rings is 2. The molecule has 2 aromatic carbocycles. The first-order chi connectivity index (χ1) is 17.1. The summed E-state index contributed by atoms with van der Waals surface area (Å²) in [5.41, 5.74) is 9.52. The van der Waals surface area contributed by atoms with Crippen molar-refractivity contribution in [3.63, 3.8) is 0 Å². The third-order valence-corrected chi connectivity index (χ3v) is 7.26. The minimum atomic E-state index is 0.179. The average Bonchev–Trinajstić information content (AvgIpc) is 2.85. The fourth-order valence-corrected chi connectivity index (χ4v) is 5.38. The molecule has 2 atom stereocenters. The van der Waals surface area contributed by atoms with Crippen LogP contribution in [-0.4, -0.2) is 65.3 Å². The van der Waals surface area contributed by atoms with Crippen LogP contribution in [0, 0.1) is 0 Å². The molecule has 0 heterocycles. The van der Waals surface area contributed by atoms with Gasteiger partial charge in [-0.3, -0.25) is 0 Å². The number of methoxy groups -OCH3 is 2. The van der Waals surface area contributed by atoms with Crippen molar-refractivity contribution in [3.8, 4) is 11.5 Å². The van der Waals surface area contributed by atoms with E-state index in [9.17, 15) is 0 Å². The van der Waals surface area contributed by atoms with Crippen LogP contribution in [-0.2, 0) is 12.8 Å². The lowest BCUT2D eigenvalue weighted by atomic mass is 9.70. The summed E-state index contributed by atoms with van der Waals surface area (Å²) >= 11 is 0. The van der Waals surface area contributed by atoms with Crippen molar-refractivity contribution < 1.29 is 9.47 Å². The molecule has 0 saturated heterocycles. The first-order valence-electron chi connectivity index (χ1n) is 13.1. The molecule has 1 aliphatic carbocycles. The molecule has 0 aromatic heterocycles. The fraction of sp³-hybridized carbons (Fsp3) is 0.500. The number of hydrogen-bond donors (Lipinski definition) is 0. The van der Waals surface area contributed by atoms with Gasteiger partial charge in [0, 0.05) is 36.1 Å². The number of likely N-dealkylation sites (N-methyl/N-ethyl adjacent to an activating group) is 2. The minimum Gasteiger partial charge on any atom is -0.496 e. The van der Waals surface area contributed by atoms with Crippen molar-refractivity contribution in [2.75, 3.05) is 55.5 Å². The zero-order valence-corrected chi connectivity index (χ0v) is 23.9. The van der Waals surface area contributed by atoms with Crippen LogP contribution >= 0.6 is 0 Å². The van der Waals surface area contributed by atoms with E-state index in [-0.39, 0.29) is 11.8 Å². The Morgan fingerprint density at radius 3 is 1.78 bits per heavy atom. The predicted octanol–water partition coefficient (Wildman–Crippen LogP) is 6.47. The van der Waals surface area contributed by atoms with Gasteiger partial charge in [0.2, 0.25) is 0 Å². The summed E-state index contributed by atoms with van der Waals surface area (Å²) < 4.78 is 11.8. The second kappa shape index (κ2) is 12.6. The average molecular weight is 491 g/mol. The van der Waals surface area contributed by atoms with Crippen LogP contribution in [0.25, 0.3) is 0 Å². The molecule has 3 rings (SSSR count). The lowest BCUT2D eigenvalue weighted by Crippen LogP contribution is -2.19. The molecular formula is C32H46N2O2. The summed E-state index contributed by atoms with van der Waals surface area (Å²) in [4.78, 5) is 4.48. The molecule has 0 radical (unpaired) electrons. The lowest BCUT2D eigenvalue weighted by molar-refractivity contribution is 0.401. The second-order valence-electron chi connectivity index (χ2n) is 11.0. The highest BCUT2D eigenvalue weighted by Gasteiger charge is 2.33. The van der Waals surface area contributed by atoms with E-state index in [4.69, 9.17) is 9.47 Å². The fourth-order valence-electron chi connectivity index (χ4n) is 5.38. The van der Waals surface area contributed by atoms with E-state index in [1.54, 1.807) is 14.2 Å². The Kier molecular flexibility index (Phi) is 9.81. The third-order valence-electron chi connectivity index (χ3n) is 7.26. The maximum atomic E-state index is 5.92. The highest BCUT2D eigenvalue weighted by atomic mass is 16.5. The number of ether oxygens (including phenoxy) is 2. The second-order valence-corrected chi connectivity index (χ2v) is 11.0. The van der Waals surface area contributed by atoms with E-state index in [1.807, 2.05) is 0 Å². The first-order valence-corrected chi connectivity index (χ1v) is 13.1. The van der Waals surface area contributed by atoms with Crippen molar-refractivity contribution in [3.05, 3.63) is 81.4 Å². The molecule has 2 aromatic rings. The van der Waals surface area contributed by atoms with E-state index in [0.717, 1.165) is 43.9 Å². The Labute approximate surface area is 219 Å². The van der Waals surface area contributed by atoms with Crippen molar-refractivity contribution >= 4 is 0 Å². The smallest absolute Gasteiger partial charge is 0.122 e. The molecule has 0 saturated carbocycles. The van der Waals surface area contributed by atoms with Crippen LogP contribution in [0.3, 0.4) is 0 Å². The van der Waals surface area contributed by atoms with Crippen LogP contribution in [0.1, 0.15) is 61.3 Å². The molecule has 0 unspecified atom stereocenters. The van der Waals surface area contributed by atoms with E-state index in [1.165, 1.54) is 39.0 Å². The van der Waals surface area contributed by atoms with Crippen LogP contribution < -0.4 is 9.47 Å². The van der Waals surface area contributed by atoms with Gasteiger partial charge in [-0.05, 0) is 91.5 Å². The van der Waals surface area contributed by atoms with E-state index in [2.05, 4.69) is 101 Å². The van der Waals surface area contributed by atoms with E-state index < -0.39 is 0 Å². The Balaban J connectivity index is 2.11. The van der Waals surface area contributed by atoms with Crippen LogP contribution in [0.5, 0.6) is 11.5 Å². The van der Waals surface area contributed by atoms with Gasteiger partial charge in [0.25, 0.3) is 0 Å². The Morgan fingerprint density at radius 2 is 1.31 bits per heavy atom. The summed E-state index contributed by atoms with van der Waals surface area (Å²) in [7, 11) is 12.1. The van der Waals surface area contributed by atoms with Crippen molar-refractivity contribution in [1.29, 1.82) is 0 Å². The molecule has 0 aliphatic heterocycles. The summed E-state index contributed by atoms with van der Waals surface area (Å²) in [5.74, 6) is 2.39. The first kappa shape index (κ1) is 28.0. The van der Waals surface area contributed by atoms with Gasteiger partial charge in [-0.1, -0.05) is 47.1 Å². The third kappa shape index (κ3) is 6.80. The zero-order valence-electron chi connectivity index (χ0n) is 23.9. The molecule has 4 nitrogen and oxygen atoms in total. The Morgan fingerprint density at radius 1 is 0.806 bits per heavy atom. The van der Waals surface area contributed by atoms with Gasteiger partial charge < -0.3 is 19.3 Å². The maximum absolute atomic E-state index is 5.92. The highest BCUT2D eigenvalue weighted by Crippen LogP contribution is 2.50. The summed E-state index contributed by atoms with van der Waals surface area (Å²) in [6, 6.07) is 13.5. The summed E-state index contributed by atoms with van der Waals surface area (Å²) in [5, 5.41) is 0. The molecule has 0 N–H and O–H groups in total. The Hall–Kier alpha value is -2.56. The van der Waals surface area contributed by atoms with Gasteiger partial charge in [-0.2, -0.15) is 0 Å². The molecule has 0 bridgehead atoms. The van der Waals surface area contributed by atoms with Gasteiger partial charge in [0.1, 0.15) is 11.5 Å². The molecule has 36 heavy (non-hydrogen) atoms. The molecule has 196 valence electrons. The van der Waals surface area contributed by atoms with Crippen LogP contribution in [0.4, 0.5) is 0 Å². The number of allylic oxidation sites excluding steroid dienone is 4. The maximum Gasteiger partial charge on any atom is 0.122 e. The standard InChI is InChI=1S/C32H46N2O2/c1-22(2)32-28(26-20-24(14-16-33(4)5)10-12-30(26)35-8)18-23(3)19-29(32)27-21-25(15-17-34(6)7)11-13-31(27)36-9/h10-13,18,20-21,28-29H,14-17,19H2,1-9H3/t28-,29-/m0/s1. The molecule has 0 amide bonds. The summed E-state index contributed by atoms with van der Waals surface area (Å²) in [6.07, 6.45) is 5.51. The normalized spacial score (nSPS) is 18.0. The summed E-state index contributed by atoms with van der Waals surface area (Å²) in [6.45, 7) is 8.85. The largest absolute Gasteiger partial charge is 0.496 e. The van der Waals surface area contributed by atoms with Gasteiger partial charge in [0.15, 0.2) is 0 Å². The van der Waals surface area contributed by atoms with E-state index >= 15 is 0 Å². The lowest BCUT2D eigenvalue weighted by Gasteiger charge is -2.35. The van der Waals surface area contributed by atoms with E-state index in [0.29, 0.717) is 0 Å². The SMILES string of the molecule is COc1ccc(CCN(C)C)cc1[C@@H]1C=C(C)C[C@@H](c2cc(CCN(C)C)ccc2OC)C1=C(C)C. The van der Waals surface area contributed by atoms with Crippen LogP contribution in [0.2, 0.25) is 0 Å². The van der Waals surface area contributed by atoms with Crippen molar-refractivity contribution in [2.24, 2.45) is 0 Å². The molecule has 1 aliphatic rings. The highest BCUT2D eigenvalue weighted by molar-refractivity contribution is 5.54. The van der Waals surface area contributed by atoms with Gasteiger partial charge in [0.05, 0.1) is 14.2 Å².